The fourth-order valence-electron chi connectivity index (χ4n) is 4.66. The second-order valence-corrected chi connectivity index (χ2v) is 14.3. The largest absolute Gasteiger partial charge is 0.507 e. The first-order chi connectivity index (χ1) is 15.3. The van der Waals surface area contributed by atoms with Gasteiger partial charge in [-0.15, -0.1) is 0 Å². The summed E-state index contributed by atoms with van der Waals surface area (Å²) >= 11 is 0. The molecule has 0 spiro atoms. The third-order valence-corrected chi connectivity index (χ3v) is 8.92. The van der Waals surface area contributed by atoms with E-state index in [1.807, 2.05) is 0 Å². The van der Waals surface area contributed by atoms with Gasteiger partial charge in [-0.2, -0.15) is 0 Å². The van der Waals surface area contributed by atoms with Crippen LogP contribution in [-0.2, 0) is 30.6 Å². The van der Waals surface area contributed by atoms with Crippen molar-refractivity contribution >= 4 is 7.60 Å². The summed E-state index contributed by atoms with van der Waals surface area (Å²) in [6, 6.07) is 4.11. The molecule has 1 heterocycles. The van der Waals surface area contributed by atoms with Gasteiger partial charge in [-0.1, -0.05) is 106 Å². The van der Waals surface area contributed by atoms with Crippen molar-refractivity contribution in [3.8, 4) is 5.75 Å². The normalized spacial score (nSPS) is 18.4. The molecule has 0 bridgehead atoms. The van der Waals surface area contributed by atoms with Crippen LogP contribution in [0.5, 0.6) is 5.75 Å². The molecule has 1 aliphatic heterocycles. The number of hydrogen-bond donors (Lipinski definition) is 1. The molecule has 0 aliphatic carbocycles. The zero-order valence-electron chi connectivity index (χ0n) is 22.6. The van der Waals surface area contributed by atoms with Crippen LogP contribution >= 0.6 is 7.60 Å². The molecule has 33 heavy (non-hydrogen) atoms. The van der Waals surface area contributed by atoms with E-state index in [0.29, 0.717) is 19.0 Å². The van der Waals surface area contributed by atoms with Crippen LogP contribution in [0.25, 0.3) is 0 Å². The number of unbranched alkanes of at least 4 members (excludes halogenated alkanes) is 4. The van der Waals surface area contributed by atoms with Gasteiger partial charge in [-0.3, -0.25) is 4.57 Å². The highest BCUT2D eigenvalue weighted by Crippen LogP contribution is 2.57. The Morgan fingerprint density at radius 1 is 0.879 bits per heavy atom. The van der Waals surface area contributed by atoms with Crippen molar-refractivity contribution in [1.82, 2.24) is 0 Å². The number of phenolic OH excluding ortho intramolecular Hbond substituents is 1. The van der Waals surface area contributed by atoms with Gasteiger partial charge in [-0.05, 0) is 29.2 Å². The minimum atomic E-state index is -3.21. The highest BCUT2D eigenvalue weighted by molar-refractivity contribution is 7.53. The molecule has 1 fully saturated rings. The number of phenols is 1. The van der Waals surface area contributed by atoms with Crippen LogP contribution in [0.4, 0.5) is 0 Å². The zero-order valence-corrected chi connectivity index (χ0v) is 23.4. The number of hydrogen-bond acceptors (Lipinski definition) is 4. The van der Waals surface area contributed by atoms with Crippen molar-refractivity contribution in [2.45, 2.75) is 124 Å². The molecule has 0 unspecified atom stereocenters. The van der Waals surface area contributed by atoms with E-state index in [0.717, 1.165) is 42.4 Å². The summed E-state index contributed by atoms with van der Waals surface area (Å²) in [6.07, 6.45) is 9.23. The molecule has 2 rings (SSSR count). The molecule has 1 aromatic rings. The van der Waals surface area contributed by atoms with Crippen molar-refractivity contribution in [3.05, 3.63) is 28.8 Å². The Bertz CT molecular complexity index is 768. The Morgan fingerprint density at radius 2 is 1.30 bits per heavy atom. The fourth-order valence-corrected chi connectivity index (χ4v) is 6.64. The molecule has 0 radical (unpaired) electrons. The van der Waals surface area contributed by atoms with Crippen LogP contribution in [-0.4, -0.2) is 18.3 Å². The van der Waals surface area contributed by atoms with Crippen LogP contribution in [0.3, 0.4) is 0 Å². The lowest BCUT2D eigenvalue weighted by Gasteiger charge is -2.35. The van der Waals surface area contributed by atoms with Gasteiger partial charge >= 0.3 is 7.60 Å². The Balaban J connectivity index is 2.45. The van der Waals surface area contributed by atoms with Gasteiger partial charge in [0, 0.05) is 16.5 Å². The second-order valence-electron chi connectivity index (χ2n) is 12.2. The van der Waals surface area contributed by atoms with E-state index in [1.54, 1.807) is 0 Å². The monoisotopic (exact) mass is 480 g/mol. The van der Waals surface area contributed by atoms with Crippen LogP contribution in [0.15, 0.2) is 12.1 Å². The van der Waals surface area contributed by atoms with E-state index in [2.05, 4.69) is 67.5 Å². The first-order valence-electron chi connectivity index (χ1n) is 13.0. The SMILES string of the molecule is CCCCCC(C)(C)c1cc(CP2(=O)OCC(C)(C)CO2)cc(C(C)(C)CCCCC)c1O. The fraction of sp³-hybridized carbons (Fsp3) is 0.786. The van der Waals surface area contributed by atoms with E-state index >= 15 is 0 Å². The highest BCUT2D eigenvalue weighted by Gasteiger charge is 2.38. The molecule has 0 aromatic heterocycles. The first kappa shape index (κ1) is 28.4. The number of aromatic hydroxyl groups is 1. The van der Waals surface area contributed by atoms with Gasteiger partial charge in [0.15, 0.2) is 0 Å². The van der Waals surface area contributed by atoms with Crippen molar-refractivity contribution in [1.29, 1.82) is 0 Å². The Labute approximate surface area is 203 Å². The van der Waals surface area contributed by atoms with Crippen molar-refractivity contribution in [3.63, 3.8) is 0 Å². The third-order valence-electron chi connectivity index (χ3n) is 7.12. The third kappa shape index (κ3) is 7.84. The summed E-state index contributed by atoms with van der Waals surface area (Å²) in [5.41, 5.74) is 2.38. The van der Waals surface area contributed by atoms with Gasteiger partial charge < -0.3 is 14.2 Å². The lowest BCUT2D eigenvalue weighted by molar-refractivity contribution is 0.0409. The number of rotatable bonds is 12. The highest BCUT2D eigenvalue weighted by atomic mass is 31.2. The quantitative estimate of drug-likeness (QED) is 0.240. The smallest absolute Gasteiger partial charge is 0.335 e. The van der Waals surface area contributed by atoms with Crippen LogP contribution in [0.1, 0.15) is 123 Å². The van der Waals surface area contributed by atoms with Gasteiger partial charge in [0.25, 0.3) is 0 Å². The summed E-state index contributed by atoms with van der Waals surface area (Å²) in [6.45, 7) is 18.3. The summed E-state index contributed by atoms with van der Waals surface area (Å²) in [5, 5.41) is 11.5. The van der Waals surface area contributed by atoms with E-state index in [4.69, 9.17) is 9.05 Å². The lowest BCUT2D eigenvalue weighted by atomic mass is 9.73. The van der Waals surface area contributed by atoms with Crippen LogP contribution in [0, 0.1) is 5.41 Å². The maximum absolute atomic E-state index is 13.4. The molecule has 4 nitrogen and oxygen atoms in total. The Hall–Kier alpha value is -0.830. The topological polar surface area (TPSA) is 55.8 Å². The second kappa shape index (κ2) is 11.3. The van der Waals surface area contributed by atoms with Crippen molar-refractivity contribution < 1.29 is 18.7 Å². The van der Waals surface area contributed by atoms with Crippen molar-refractivity contribution in [2.75, 3.05) is 13.2 Å². The van der Waals surface area contributed by atoms with Gasteiger partial charge in [0.2, 0.25) is 0 Å². The summed E-state index contributed by atoms with van der Waals surface area (Å²) < 4.78 is 25.0. The molecule has 0 amide bonds. The molecule has 0 atom stereocenters. The maximum Gasteiger partial charge on any atom is 0.335 e. The summed E-state index contributed by atoms with van der Waals surface area (Å²) in [4.78, 5) is 0. The van der Waals surface area contributed by atoms with Crippen LogP contribution < -0.4 is 0 Å². The number of benzene rings is 1. The lowest BCUT2D eigenvalue weighted by Crippen LogP contribution is -2.29. The Morgan fingerprint density at radius 3 is 1.70 bits per heavy atom. The molecule has 190 valence electrons. The molecule has 0 saturated carbocycles. The summed E-state index contributed by atoms with van der Waals surface area (Å²) in [5.74, 6) is 0.409. The van der Waals surface area contributed by atoms with E-state index in [9.17, 15) is 9.67 Å². The van der Waals surface area contributed by atoms with Gasteiger partial charge in [0.05, 0.1) is 19.4 Å². The van der Waals surface area contributed by atoms with Crippen molar-refractivity contribution in [2.24, 2.45) is 5.41 Å². The molecular formula is C28H49O4P. The average Bonchev–Trinajstić information content (AvgIpc) is 2.72. The molecule has 1 N–H and O–H groups in total. The predicted octanol–water partition coefficient (Wildman–Crippen LogP) is 8.87. The van der Waals surface area contributed by atoms with E-state index in [-0.39, 0.29) is 22.4 Å². The van der Waals surface area contributed by atoms with E-state index in [1.165, 1.54) is 25.7 Å². The molecule has 1 aliphatic rings. The summed E-state index contributed by atoms with van der Waals surface area (Å²) in [7, 11) is -3.21. The minimum Gasteiger partial charge on any atom is -0.507 e. The average molecular weight is 481 g/mol. The van der Waals surface area contributed by atoms with Gasteiger partial charge in [-0.25, -0.2) is 0 Å². The van der Waals surface area contributed by atoms with Gasteiger partial charge in [0.1, 0.15) is 5.75 Å². The Kier molecular flexibility index (Phi) is 9.70. The molecular weight excluding hydrogens is 431 g/mol. The molecule has 1 saturated heterocycles. The molecule has 1 aromatic carbocycles. The minimum absolute atomic E-state index is 0.123. The van der Waals surface area contributed by atoms with E-state index < -0.39 is 7.60 Å². The van der Waals surface area contributed by atoms with Crippen LogP contribution in [0.2, 0.25) is 0 Å². The zero-order chi connectivity index (χ0) is 24.9. The maximum atomic E-state index is 13.4. The standard InChI is InChI=1S/C28H49O4P/c1-9-11-13-15-27(5,6)23-17-22(19-33(30)31-20-26(3,4)21-32-33)18-24(25(23)29)28(7,8)16-14-12-10-2/h17-18,29H,9-16,19-21H2,1-8H3. The predicted molar refractivity (Wildman–Crippen MR) is 139 cm³/mol. The first-order valence-corrected chi connectivity index (χ1v) is 14.7. The molecule has 5 heteroatoms.